The maximum Gasteiger partial charge on any atom is 0.259 e. The third-order valence-corrected chi connectivity index (χ3v) is 10.1. The van der Waals surface area contributed by atoms with Crippen LogP contribution in [0.25, 0.3) is 0 Å². The predicted molar refractivity (Wildman–Crippen MR) is 122 cm³/mol. The lowest BCUT2D eigenvalue weighted by Gasteiger charge is -2.36. The van der Waals surface area contributed by atoms with Gasteiger partial charge in [0.1, 0.15) is 16.1 Å². The van der Waals surface area contributed by atoms with Crippen molar-refractivity contribution in [2.24, 2.45) is 0 Å². The van der Waals surface area contributed by atoms with Crippen molar-refractivity contribution >= 4 is 38.9 Å². The first kappa shape index (κ1) is 22.3. The molecule has 0 radical (unpaired) electrons. The van der Waals surface area contributed by atoms with Crippen molar-refractivity contribution in [1.29, 1.82) is 0 Å². The van der Waals surface area contributed by atoms with Gasteiger partial charge in [-0.05, 0) is 55.3 Å². The Kier molecular flexibility index (Phi) is 5.45. The first-order chi connectivity index (χ1) is 15.7. The van der Waals surface area contributed by atoms with Crippen molar-refractivity contribution in [2.75, 3.05) is 25.4 Å². The number of benzene rings is 1. The third kappa shape index (κ3) is 3.62. The van der Waals surface area contributed by atoms with Crippen LogP contribution in [-0.4, -0.2) is 72.1 Å². The molecule has 2 N–H and O–H groups in total. The molecule has 3 atom stereocenters. The van der Waals surface area contributed by atoms with E-state index in [-0.39, 0.29) is 40.0 Å². The molecule has 1 aromatic carbocycles. The number of nitrogens with zero attached hydrogens (tertiary/aromatic N) is 3. The predicted octanol–water partition coefficient (Wildman–Crippen LogP) is 2.06. The second-order valence-corrected chi connectivity index (χ2v) is 12.0. The molecule has 0 saturated carbocycles. The van der Waals surface area contributed by atoms with E-state index in [0.717, 1.165) is 11.3 Å². The van der Waals surface area contributed by atoms with Gasteiger partial charge in [0.15, 0.2) is 0 Å². The van der Waals surface area contributed by atoms with Gasteiger partial charge in [0.05, 0.1) is 17.6 Å². The molecule has 0 spiro atoms. The summed E-state index contributed by atoms with van der Waals surface area (Å²) in [6.45, 7) is 2.62. The molecular formula is C22H25FN4O4S2. The standard InChI is InChI=1S/C22H25FN4O4S2/c1-13-8-16(23)20(17(24)9-13)22(29)26-12-14-10-15(26)11-25(14)21(28)18-4-2-6-27(18)33(30,31)19-5-3-7-32-19/h3,5,7-9,14-15,18H,2,4,6,10-12,24H2,1H3/t14-,15-,18-/m0/s1. The van der Waals surface area contributed by atoms with Crippen molar-refractivity contribution in [3.8, 4) is 0 Å². The fourth-order valence-corrected chi connectivity index (χ4v) is 8.09. The Morgan fingerprint density at radius 3 is 2.55 bits per heavy atom. The number of hydrogen-bond donors (Lipinski definition) is 1. The Hall–Kier alpha value is -2.50. The number of fused-ring (bicyclic) bond motifs is 2. The number of rotatable bonds is 4. The lowest BCUT2D eigenvalue weighted by atomic mass is 10.1. The number of piperazine rings is 1. The van der Waals surface area contributed by atoms with Crippen LogP contribution in [-0.2, 0) is 14.8 Å². The van der Waals surface area contributed by atoms with Gasteiger partial charge < -0.3 is 15.5 Å². The normalized spacial score (nSPS) is 25.2. The minimum Gasteiger partial charge on any atom is -0.398 e. The lowest BCUT2D eigenvalue weighted by molar-refractivity contribution is -0.136. The van der Waals surface area contributed by atoms with Crippen molar-refractivity contribution in [2.45, 2.75) is 48.5 Å². The number of carbonyl (C=O) groups is 2. The van der Waals surface area contributed by atoms with Gasteiger partial charge in [-0.25, -0.2) is 12.8 Å². The number of halogens is 1. The summed E-state index contributed by atoms with van der Waals surface area (Å²) in [4.78, 5) is 29.7. The largest absolute Gasteiger partial charge is 0.398 e. The summed E-state index contributed by atoms with van der Waals surface area (Å²) in [7, 11) is -3.72. The highest BCUT2D eigenvalue weighted by molar-refractivity contribution is 7.91. The summed E-state index contributed by atoms with van der Waals surface area (Å²) in [5, 5.41) is 1.70. The third-order valence-electron chi connectivity index (χ3n) is 6.81. The molecule has 3 aliphatic heterocycles. The van der Waals surface area contributed by atoms with E-state index < -0.39 is 27.8 Å². The number of likely N-dealkylation sites (tertiary alicyclic amines) is 2. The Bertz CT molecular complexity index is 1190. The monoisotopic (exact) mass is 492 g/mol. The summed E-state index contributed by atoms with van der Waals surface area (Å²) in [6.07, 6.45) is 1.69. The zero-order valence-corrected chi connectivity index (χ0v) is 19.7. The molecular weight excluding hydrogens is 467 g/mol. The number of carbonyl (C=O) groups excluding carboxylic acids is 2. The first-order valence-corrected chi connectivity index (χ1v) is 13.2. The molecule has 4 heterocycles. The van der Waals surface area contributed by atoms with Crippen LogP contribution in [0.1, 0.15) is 35.2 Å². The number of hydrogen-bond acceptors (Lipinski definition) is 6. The van der Waals surface area contributed by atoms with Crippen LogP contribution in [0, 0.1) is 12.7 Å². The molecule has 8 nitrogen and oxygen atoms in total. The van der Waals surface area contributed by atoms with Gasteiger partial charge in [0.25, 0.3) is 15.9 Å². The van der Waals surface area contributed by atoms with E-state index in [1.54, 1.807) is 40.3 Å². The van der Waals surface area contributed by atoms with Gasteiger partial charge in [-0.1, -0.05) is 6.07 Å². The molecule has 2 bridgehead atoms. The van der Waals surface area contributed by atoms with Crippen molar-refractivity contribution < 1.29 is 22.4 Å². The zero-order valence-electron chi connectivity index (χ0n) is 18.1. The molecule has 5 rings (SSSR count). The van der Waals surface area contributed by atoms with Crippen LogP contribution in [0.2, 0.25) is 0 Å². The minimum absolute atomic E-state index is 0.105. The van der Waals surface area contributed by atoms with Gasteiger partial charge in [0, 0.05) is 25.3 Å². The van der Waals surface area contributed by atoms with Crippen LogP contribution < -0.4 is 5.73 Å². The maximum absolute atomic E-state index is 14.5. The highest BCUT2D eigenvalue weighted by Crippen LogP contribution is 2.36. The van der Waals surface area contributed by atoms with Crippen LogP contribution >= 0.6 is 11.3 Å². The van der Waals surface area contributed by atoms with E-state index >= 15 is 0 Å². The number of nitrogens with two attached hydrogens (primary N) is 1. The van der Waals surface area contributed by atoms with E-state index in [2.05, 4.69) is 0 Å². The Morgan fingerprint density at radius 1 is 1.18 bits per heavy atom. The fourth-order valence-electron chi connectivity index (χ4n) is 5.32. The average Bonchev–Trinajstić information content (AvgIpc) is 3.56. The second-order valence-electron chi connectivity index (χ2n) is 8.91. The van der Waals surface area contributed by atoms with Gasteiger partial charge in [-0.2, -0.15) is 4.31 Å². The molecule has 176 valence electrons. The van der Waals surface area contributed by atoms with E-state index in [1.807, 2.05) is 0 Å². The SMILES string of the molecule is Cc1cc(N)c(C(=O)N2C[C@@H]3C[C@H]2CN3C(=O)[C@@H]2CCCN2S(=O)(=O)c2cccs2)c(F)c1. The van der Waals surface area contributed by atoms with Crippen molar-refractivity contribution in [1.82, 2.24) is 14.1 Å². The zero-order chi connectivity index (χ0) is 23.5. The molecule has 3 saturated heterocycles. The number of thiophene rings is 1. The highest BCUT2D eigenvalue weighted by Gasteiger charge is 2.51. The van der Waals surface area contributed by atoms with Crippen LogP contribution in [0.5, 0.6) is 0 Å². The van der Waals surface area contributed by atoms with Crippen LogP contribution in [0.3, 0.4) is 0 Å². The van der Waals surface area contributed by atoms with Gasteiger partial charge in [0.2, 0.25) is 5.91 Å². The fraction of sp³-hybridized carbons (Fsp3) is 0.455. The maximum atomic E-state index is 14.5. The van der Waals surface area contributed by atoms with Crippen LogP contribution in [0.4, 0.5) is 10.1 Å². The molecule has 11 heteroatoms. The van der Waals surface area contributed by atoms with E-state index in [4.69, 9.17) is 5.73 Å². The van der Waals surface area contributed by atoms with Crippen LogP contribution in [0.15, 0.2) is 33.9 Å². The number of aryl methyl sites for hydroxylation is 1. The van der Waals surface area contributed by atoms with Gasteiger partial charge in [-0.3, -0.25) is 9.59 Å². The Balaban J connectivity index is 1.31. The minimum atomic E-state index is -3.72. The Labute approximate surface area is 195 Å². The molecule has 2 aromatic rings. The lowest BCUT2D eigenvalue weighted by Crippen LogP contribution is -2.55. The molecule has 0 aliphatic carbocycles. The molecule has 0 unspecified atom stereocenters. The number of anilines is 1. The topological polar surface area (TPSA) is 104 Å². The first-order valence-electron chi connectivity index (χ1n) is 10.9. The van der Waals surface area contributed by atoms with Crippen molar-refractivity contribution in [3.63, 3.8) is 0 Å². The molecule has 33 heavy (non-hydrogen) atoms. The van der Waals surface area contributed by atoms with E-state index in [1.165, 1.54) is 10.4 Å². The molecule has 2 amide bonds. The average molecular weight is 493 g/mol. The summed E-state index contributed by atoms with van der Waals surface area (Å²) in [5.41, 5.74) is 6.54. The smallest absolute Gasteiger partial charge is 0.259 e. The van der Waals surface area contributed by atoms with Gasteiger partial charge >= 0.3 is 0 Å². The second kappa shape index (κ2) is 8.07. The Morgan fingerprint density at radius 2 is 1.91 bits per heavy atom. The molecule has 3 aliphatic rings. The van der Waals surface area contributed by atoms with E-state index in [0.29, 0.717) is 37.9 Å². The summed E-state index contributed by atoms with van der Waals surface area (Å²) in [5.74, 6) is -1.32. The number of sulfonamides is 1. The molecule has 3 fully saturated rings. The quantitative estimate of drug-likeness (QED) is 0.658. The van der Waals surface area contributed by atoms with Gasteiger partial charge in [-0.15, -0.1) is 11.3 Å². The summed E-state index contributed by atoms with van der Waals surface area (Å²) < 4.78 is 42.1. The van der Waals surface area contributed by atoms with E-state index in [9.17, 15) is 22.4 Å². The highest BCUT2D eigenvalue weighted by atomic mass is 32.2. The van der Waals surface area contributed by atoms with Crippen molar-refractivity contribution in [3.05, 3.63) is 46.6 Å². The molecule has 1 aromatic heterocycles. The number of nitrogen functional groups attached to an aromatic ring is 1. The summed E-state index contributed by atoms with van der Waals surface area (Å²) in [6, 6.07) is 4.91. The summed E-state index contributed by atoms with van der Waals surface area (Å²) >= 11 is 1.14. The number of amides is 2.